The van der Waals surface area contributed by atoms with Gasteiger partial charge < -0.3 is 4.74 Å². The molecule has 10 heteroatoms. The third kappa shape index (κ3) is 3.60. The maximum Gasteiger partial charge on any atom is 0.416 e. The number of alkyl halides is 3. The minimum Gasteiger partial charge on any atom is -0.492 e. The molecule has 1 aromatic heterocycles. The van der Waals surface area contributed by atoms with Gasteiger partial charge >= 0.3 is 6.18 Å². The van der Waals surface area contributed by atoms with Crippen LogP contribution in [-0.2, 0) is 22.7 Å². The maximum atomic E-state index is 13.5. The summed E-state index contributed by atoms with van der Waals surface area (Å²) in [4.78, 5) is 0.181. The Balaban J connectivity index is 1.58. The fraction of sp³-hybridized carbons (Fsp3) is 0.550. The molecule has 1 aromatic carbocycles. The van der Waals surface area contributed by atoms with Crippen molar-refractivity contribution in [3.8, 4) is 5.75 Å². The predicted octanol–water partition coefficient (Wildman–Crippen LogP) is 3.85. The summed E-state index contributed by atoms with van der Waals surface area (Å²) in [6, 6.07) is 4.15. The van der Waals surface area contributed by atoms with Gasteiger partial charge in [-0.15, -0.1) is 0 Å². The van der Waals surface area contributed by atoms with E-state index in [0.717, 1.165) is 31.4 Å². The Hall–Kier alpha value is -2.07. The highest BCUT2D eigenvalue weighted by Gasteiger charge is 2.52. The molecule has 1 aliphatic heterocycles. The van der Waals surface area contributed by atoms with Gasteiger partial charge in [0.25, 0.3) is 0 Å². The van der Waals surface area contributed by atoms with Gasteiger partial charge in [-0.05, 0) is 57.2 Å². The lowest BCUT2D eigenvalue weighted by molar-refractivity contribution is -0.137. The molecule has 0 amide bonds. The number of ether oxygens (including phenoxy) is 1. The van der Waals surface area contributed by atoms with Crippen molar-refractivity contribution < 1.29 is 26.3 Å². The van der Waals surface area contributed by atoms with Crippen LogP contribution in [0.4, 0.5) is 13.2 Å². The third-order valence-corrected chi connectivity index (χ3v) is 8.25. The van der Waals surface area contributed by atoms with Gasteiger partial charge in [0.15, 0.2) is 0 Å². The number of piperidine rings is 1. The monoisotopic (exact) mass is 443 g/mol. The number of fused-ring (bicyclic) bond motifs is 2. The second-order valence-electron chi connectivity index (χ2n) is 7.88. The van der Waals surface area contributed by atoms with Gasteiger partial charge in [0.1, 0.15) is 17.3 Å². The zero-order chi connectivity index (χ0) is 21.7. The molecule has 6 nitrogen and oxygen atoms in total. The summed E-state index contributed by atoms with van der Waals surface area (Å²) in [6.45, 7) is 4.20. The summed E-state index contributed by atoms with van der Waals surface area (Å²) in [5.74, 6) is 0.219. The molecule has 30 heavy (non-hydrogen) atoms. The fourth-order valence-corrected chi connectivity index (χ4v) is 6.75. The molecular formula is C20H24F3N3O3S. The highest BCUT2D eigenvalue weighted by molar-refractivity contribution is 7.89. The molecule has 0 N–H and O–H groups in total. The van der Waals surface area contributed by atoms with E-state index in [2.05, 4.69) is 5.10 Å². The van der Waals surface area contributed by atoms with Crippen LogP contribution in [0.2, 0.25) is 0 Å². The number of rotatable bonds is 6. The first-order chi connectivity index (χ1) is 14.1. The smallest absolute Gasteiger partial charge is 0.416 e. The molecule has 4 rings (SSSR count). The molecule has 2 fully saturated rings. The Morgan fingerprint density at radius 1 is 1.27 bits per heavy atom. The second-order valence-corrected chi connectivity index (χ2v) is 9.69. The van der Waals surface area contributed by atoms with Crippen LogP contribution in [0.5, 0.6) is 5.75 Å². The number of nitrogens with zero attached hydrogens (tertiary/aromatic N) is 3. The van der Waals surface area contributed by atoms with Crippen molar-refractivity contribution in [3.63, 3.8) is 0 Å². The van der Waals surface area contributed by atoms with Crippen LogP contribution in [0, 0.1) is 12.8 Å². The molecule has 1 aliphatic carbocycles. The molecule has 3 atom stereocenters. The number of benzene rings is 1. The highest BCUT2D eigenvalue weighted by atomic mass is 32.2. The topological polar surface area (TPSA) is 64.4 Å². The van der Waals surface area contributed by atoms with Crippen LogP contribution in [0.1, 0.15) is 37.4 Å². The zero-order valence-electron chi connectivity index (χ0n) is 16.8. The van der Waals surface area contributed by atoms with Crippen LogP contribution in [0.3, 0.4) is 0 Å². The van der Waals surface area contributed by atoms with Gasteiger partial charge in [-0.3, -0.25) is 4.68 Å². The largest absolute Gasteiger partial charge is 0.492 e. The summed E-state index contributed by atoms with van der Waals surface area (Å²) in [5, 5.41) is 4.16. The van der Waals surface area contributed by atoms with Gasteiger partial charge in [0.05, 0.1) is 23.5 Å². The normalized spacial score (nSPS) is 24.5. The van der Waals surface area contributed by atoms with Crippen molar-refractivity contribution in [2.24, 2.45) is 5.92 Å². The Labute approximate surface area is 173 Å². The lowest BCUT2D eigenvalue weighted by Crippen LogP contribution is -2.47. The highest BCUT2D eigenvalue weighted by Crippen LogP contribution is 2.45. The van der Waals surface area contributed by atoms with E-state index < -0.39 is 27.8 Å². The lowest BCUT2D eigenvalue weighted by Gasteiger charge is -2.34. The first kappa shape index (κ1) is 21.2. The second kappa shape index (κ2) is 7.56. The molecule has 0 unspecified atom stereocenters. The zero-order valence-corrected chi connectivity index (χ0v) is 17.6. The van der Waals surface area contributed by atoms with Gasteiger partial charge in [0.2, 0.25) is 10.0 Å². The van der Waals surface area contributed by atoms with E-state index in [9.17, 15) is 21.6 Å². The molecular weight excluding hydrogens is 419 g/mol. The van der Waals surface area contributed by atoms with Crippen molar-refractivity contribution in [1.29, 1.82) is 0 Å². The van der Waals surface area contributed by atoms with Gasteiger partial charge in [-0.2, -0.15) is 22.6 Å². The summed E-state index contributed by atoms with van der Waals surface area (Å²) in [6.07, 6.45) is -0.661. The number of sulfonamides is 1. The molecule has 1 saturated carbocycles. The molecule has 2 heterocycles. The van der Waals surface area contributed by atoms with Crippen molar-refractivity contribution in [1.82, 2.24) is 14.1 Å². The predicted molar refractivity (Wildman–Crippen MR) is 104 cm³/mol. The first-order valence-electron chi connectivity index (χ1n) is 9.99. The van der Waals surface area contributed by atoms with Crippen molar-refractivity contribution >= 4 is 10.0 Å². The van der Waals surface area contributed by atoms with Crippen LogP contribution >= 0.6 is 0 Å². The van der Waals surface area contributed by atoms with Crippen LogP contribution in [0.15, 0.2) is 35.4 Å². The lowest BCUT2D eigenvalue weighted by atomic mass is 10.0. The standard InChI is InChI=1S/C20H24F3N3O3S/c1-3-25-13(2)19(11-24-25)30(27,28)26-16-8-7-14(9-16)18(26)12-29-17-6-4-5-15(10-17)20(21,22)23/h4-6,10-11,14,16,18H,3,7-9,12H2,1-2H3/t14-,16+,18-/m0/s1. The number of hydrogen-bond acceptors (Lipinski definition) is 4. The fourth-order valence-electron chi connectivity index (χ4n) is 4.69. The molecule has 0 spiro atoms. The Morgan fingerprint density at radius 2 is 2.03 bits per heavy atom. The molecule has 2 bridgehead atoms. The Morgan fingerprint density at radius 3 is 2.70 bits per heavy atom. The number of aromatic nitrogens is 2. The first-order valence-corrected chi connectivity index (χ1v) is 11.4. The third-order valence-electron chi connectivity index (χ3n) is 6.17. The van der Waals surface area contributed by atoms with Crippen molar-refractivity contribution in [2.45, 2.75) is 62.8 Å². The van der Waals surface area contributed by atoms with E-state index in [-0.39, 0.29) is 29.2 Å². The summed E-state index contributed by atoms with van der Waals surface area (Å²) < 4.78 is 74.6. The van der Waals surface area contributed by atoms with Crippen molar-refractivity contribution in [3.05, 3.63) is 41.7 Å². The van der Waals surface area contributed by atoms with Gasteiger partial charge in [-0.25, -0.2) is 8.42 Å². The summed E-state index contributed by atoms with van der Waals surface area (Å²) in [5.41, 5.74) is -0.210. The van der Waals surface area contributed by atoms with E-state index >= 15 is 0 Å². The van der Waals surface area contributed by atoms with E-state index in [1.165, 1.54) is 22.6 Å². The molecule has 164 valence electrons. The van der Waals surface area contributed by atoms with E-state index in [4.69, 9.17) is 4.74 Å². The molecule has 2 aliphatic rings. The van der Waals surface area contributed by atoms with Gasteiger partial charge in [0, 0.05) is 12.6 Å². The molecule has 1 saturated heterocycles. The average Bonchev–Trinajstić information content (AvgIpc) is 3.40. The minimum atomic E-state index is -4.46. The maximum absolute atomic E-state index is 13.5. The van der Waals surface area contributed by atoms with Crippen LogP contribution in [0.25, 0.3) is 0 Å². The summed E-state index contributed by atoms with van der Waals surface area (Å²) >= 11 is 0. The Bertz CT molecular complexity index is 1040. The number of aryl methyl sites for hydroxylation is 1. The number of halogens is 3. The Kier molecular flexibility index (Phi) is 5.34. The minimum absolute atomic E-state index is 0.0165. The van der Waals surface area contributed by atoms with E-state index in [0.29, 0.717) is 12.2 Å². The van der Waals surface area contributed by atoms with Crippen molar-refractivity contribution in [2.75, 3.05) is 6.61 Å². The van der Waals surface area contributed by atoms with E-state index in [1.807, 2.05) is 6.92 Å². The summed E-state index contributed by atoms with van der Waals surface area (Å²) in [7, 11) is -3.78. The number of hydrogen-bond donors (Lipinski definition) is 0. The average molecular weight is 443 g/mol. The molecule has 0 radical (unpaired) electrons. The van der Waals surface area contributed by atoms with Crippen LogP contribution in [-0.4, -0.2) is 41.2 Å². The molecule has 2 aromatic rings. The van der Waals surface area contributed by atoms with Crippen LogP contribution < -0.4 is 4.74 Å². The van der Waals surface area contributed by atoms with E-state index in [1.54, 1.807) is 11.6 Å². The van der Waals surface area contributed by atoms with Gasteiger partial charge in [-0.1, -0.05) is 6.07 Å². The SMILES string of the molecule is CCn1ncc(S(=O)(=O)N2[C@@H]3CC[C@@H](C3)[C@@H]2COc2cccc(C(F)(F)F)c2)c1C. The quantitative estimate of drug-likeness (QED) is 0.680.